The zero-order chi connectivity index (χ0) is 10.3. The molecule has 1 aromatic rings. The Morgan fingerprint density at radius 2 is 2.14 bits per heavy atom. The molecular formula is C10H12O3S. The number of aliphatic hydroxyl groups excluding tert-OH is 1. The van der Waals surface area contributed by atoms with Crippen LogP contribution in [0.5, 0.6) is 0 Å². The van der Waals surface area contributed by atoms with E-state index in [9.17, 15) is 13.5 Å². The predicted molar refractivity (Wildman–Crippen MR) is 52.8 cm³/mol. The van der Waals surface area contributed by atoms with E-state index in [2.05, 4.69) is 0 Å². The first-order valence-electron chi connectivity index (χ1n) is 4.52. The van der Waals surface area contributed by atoms with E-state index in [1.165, 1.54) is 0 Å². The summed E-state index contributed by atoms with van der Waals surface area (Å²) in [4.78, 5) is 0.293. The lowest BCUT2D eigenvalue weighted by molar-refractivity contribution is 0.168. The highest BCUT2D eigenvalue weighted by atomic mass is 32.2. The van der Waals surface area contributed by atoms with Crippen molar-refractivity contribution in [2.24, 2.45) is 0 Å². The molecule has 1 heterocycles. The van der Waals surface area contributed by atoms with Gasteiger partial charge in [0.1, 0.15) is 0 Å². The Bertz CT molecular complexity index is 462. The minimum Gasteiger partial charge on any atom is -0.388 e. The van der Waals surface area contributed by atoms with Crippen molar-refractivity contribution < 1.29 is 13.5 Å². The van der Waals surface area contributed by atoms with E-state index < -0.39 is 15.9 Å². The van der Waals surface area contributed by atoms with Gasteiger partial charge in [-0.05, 0) is 25.0 Å². The van der Waals surface area contributed by atoms with E-state index in [0.29, 0.717) is 16.9 Å². The Morgan fingerprint density at radius 3 is 2.86 bits per heavy atom. The molecule has 1 unspecified atom stereocenters. The fourth-order valence-electron chi connectivity index (χ4n) is 1.74. The van der Waals surface area contributed by atoms with Crippen LogP contribution in [-0.4, -0.2) is 19.3 Å². The third-order valence-electron chi connectivity index (χ3n) is 2.52. The molecule has 0 aliphatic carbocycles. The molecule has 0 fully saturated rings. The molecule has 2 rings (SSSR count). The van der Waals surface area contributed by atoms with E-state index in [4.69, 9.17) is 0 Å². The number of aliphatic hydroxyl groups is 1. The minimum absolute atomic E-state index is 0.0459. The van der Waals surface area contributed by atoms with Crippen LogP contribution in [0.15, 0.2) is 23.1 Å². The summed E-state index contributed by atoms with van der Waals surface area (Å²) in [5, 5.41) is 9.65. The summed E-state index contributed by atoms with van der Waals surface area (Å²) in [7, 11) is -3.15. The quantitative estimate of drug-likeness (QED) is 0.703. The van der Waals surface area contributed by atoms with Crippen molar-refractivity contribution in [1.82, 2.24) is 0 Å². The summed E-state index contributed by atoms with van der Waals surface area (Å²) < 4.78 is 23.2. The average molecular weight is 212 g/mol. The first-order chi connectivity index (χ1) is 6.50. The van der Waals surface area contributed by atoms with Gasteiger partial charge >= 0.3 is 0 Å². The van der Waals surface area contributed by atoms with Crippen molar-refractivity contribution in [1.29, 1.82) is 0 Å². The van der Waals surface area contributed by atoms with Gasteiger partial charge in [-0.25, -0.2) is 8.42 Å². The van der Waals surface area contributed by atoms with Crippen molar-refractivity contribution in [3.05, 3.63) is 29.3 Å². The Kier molecular flexibility index (Phi) is 2.12. The summed E-state index contributed by atoms with van der Waals surface area (Å²) in [6, 6.07) is 5.09. The zero-order valence-electron chi connectivity index (χ0n) is 7.90. The second-order valence-electron chi connectivity index (χ2n) is 3.66. The highest BCUT2D eigenvalue weighted by Gasteiger charge is 2.28. The van der Waals surface area contributed by atoms with Crippen LogP contribution in [0.4, 0.5) is 0 Å². The van der Waals surface area contributed by atoms with Crippen LogP contribution in [0, 0.1) is 6.92 Å². The van der Waals surface area contributed by atoms with Gasteiger partial charge in [-0.15, -0.1) is 0 Å². The molecule has 14 heavy (non-hydrogen) atoms. The van der Waals surface area contributed by atoms with Gasteiger partial charge < -0.3 is 5.11 Å². The first-order valence-corrected chi connectivity index (χ1v) is 6.17. The molecule has 76 valence electrons. The molecule has 0 amide bonds. The van der Waals surface area contributed by atoms with E-state index in [1.807, 2.05) is 6.92 Å². The lowest BCUT2D eigenvalue weighted by Gasteiger charge is -2.21. The Balaban J connectivity index is 2.69. The maximum absolute atomic E-state index is 11.6. The summed E-state index contributed by atoms with van der Waals surface area (Å²) in [6.07, 6.45) is -0.327. The Hall–Kier alpha value is -0.870. The predicted octanol–water partition coefficient (Wildman–Crippen LogP) is 1.21. The van der Waals surface area contributed by atoms with Crippen LogP contribution >= 0.6 is 0 Å². The highest BCUT2D eigenvalue weighted by molar-refractivity contribution is 7.91. The van der Waals surface area contributed by atoms with Gasteiger partial charge in [0.2, 0.25) is 0 Å². The molecule has 1 atom stereocenters. The molecule has 1 aromatic carbocycles. The number of fused-ring (bicyclic) bond motifs is 1. The van der Waals surface area contributed by atoms with Crippen LogP contribution in [0.1, 0.15) is 23.7 Å². The fraction of sp³-hybridized carbons (Fsp3) is 0.400. The summed E-state index contributed by atoms with van der Waals surface area (Å²) in [5.41, 5.74) is 1.52. The standard InChI is InChI=1S/C10H12O3S/c1-7-2-3-10-8(6-7)9(11)4-5-14(10,12)13/h2-3,6,9,11H,4-5H2,1H3. The molecule has 4 heteroatoms. The zero-order valence-corrected chi connectivity index (χ0v) is 8.71. The topological polar surface area (TPSA) is 54.4 Å². The van der Waals surface area contributed by atoms with Gasteiger partial charge in [-0.1, -0.05) is 17.7 Å². The van der Waals surface area contributed by atoms with Gasteiger partial charge in [0.15, 0.2) is 9.84 Å². The van der Waals surface area contributed by atoms with E-state index in [-0.39, 0.29) is 5.75 Å². The van der Waals surface area contributed by atoms with Gasteiger partial charge in [-0.2, -0.15) is 0 Å². The van der Waals surface area contributed by atoms with Crippen molar-refractivity contribution in [2.75, 3.05) is 5.75 Å². The SMILES string of the molecule is Cc1ccc2c(c1)C(O)CCS2(=O)=O. The van der Waals surface area contributed by atoms with Gasteiger partial charge in [-0.3, -0.25) is 0 Å². The van der Waals surface area contributed by atoms with Crippen LogP contribution in [0.2, 0.25) is 0 Å². The van der Waals surface area contributed by atoms with Gasteiger partial charge in [0, 0.05) is 0 Å². The molecule has 0 saturated heterocycles. The first kappa shape index (κ1) is 9.68. The average Bonchev–Trinajstić information content (AvgIpc) is 2.12. The maximum Gasteiger partial charge on any atom is 0.178 e. The monoisotopic (exact) mass is 212 g/mol. The van der Waals surface area contributed by atoms with Crippen molar-refractivity contribution in [3.8, 4) is 0 Å². The van der Waals surface area contributed by atoms with E-state index in [1.54, 1.807) is 18.2 Å². The summed E-state index contributed by atoms with van der Waals surface area (Å²) in [5.74, 6) is 0.0459. The van der Waals surface area contributed by atoms with Crippen LogP contribution in [0.3, 0.4) is 0 Å². The van der Waals surface area contributed by atoms with Gasteiger partial charge in [0.05, 0.1) is 16.8 Å². The molecule has 0 radical (unpaired) electrons. The Morgan fingerprint density at radius 1 is 1.43 bits per heavy atom. The third kappa shape index (κ3) is 1.44. The number of rotatable bonds is 0. The second-order valence-corrected chi connectivity index (χ2v) is 5.74. The number of benzene rings is 1. The lowest BCUT2D eigenvalue weighted by Crippen LogP contribution is -2.19. The number of hydrogen-bond donors (Lipinski definition) is 1. The molecule has 0 spiro atoms. The third-order valence-corrected chi connectivity index (χ3v) is 4.33. The van der Waals surface area contributed by atoms with E-state index in [0.717, 1.165) is 5.56 Å². The molecule has 1 N–H and O–H groups in total. The molecule has 0 bridgehead atoms. The lowest BCUT2D eigenvalue weighted by atomic mass is 10.0. The molecule has 0 aromatic heterocycles. The Labute approximate surface area is 83.3 Å². The summed E-state index contributed by atoms with van der Waals surface area (Å²) >= 11 is 0. The van der Waals surface area contributed by atoms with Crippen molar-refractivity contribution in [2.45, 2.75) is 24.3 Å². The van der Waals surface area contributed by atoms with Crippen LogP contribution in [0.25, 0.3) is 0 Å². The second kappa shape index (κ2) is 3.07. The maximum atomic E-state index is 11.6. The molecule has 1 aliphatic rings. The molecule has 1 aliphatic heterocycles. The molecular weight excluding hydrogens is 200 g/mol. The van der Waals surface area contributed by atoms with Crippen LogP contribution in [-0.2, 0) is 9.84 Å². The highest BCUT2D eigenvalue weighted by Crippen LogP contribution is 2.32. The van der Waals surface area contributed by atoms with E-state index >= 15 is 0 Å². The summed E-state index contributed by atoms with van der Waals surface area (Å²) in [6.45, 7) is 1.88. The number of hydrogen-bond acceptors (Lipinski definition) is 3. The van der Waals surface area contributed by atoms with Crippen molar-refractivity contribution >= 4 is 9.84 Å². The van der Waals surface area contributed by atoms with Gasteiger partial charge in [0.25, 0.3) is 0 Å². The van der Waals surface area contributed by atoms with Crippen LogP contribution < -0.4 is 0 Å². The largest absolute Gasteiger partial charge is 0.388 e. The molecule has 0 saturated carbocycles. The fourth-order valence-corrected chi connectivity index (χ4v) is 3.33. The smallest absolute Gasteiger partial charge is 0.178 e. The minimum atomic E-state index is -3.15. The van der Waals surface area contributed by atoms with Crippen molar-refractivity contribution in [3.63, 3.8) is 0 Å². The number of sulfone groups is 1. The molecule has 3 nitrogen and oxygen atoms in total. The normalized spacial score (nSPS) is 24.3. The number of aryl methyl sites for hydroxylation is 1.